The highest BCUT2D eigenvalue weighted by molar-refractivity contribution is 14.1. The van der Waals surface area contributed by atoms with Crippen LogP contribution in [0.3, 0.4) is 0 Å². The van der Waals surface area contributed by atoms with Crippen LogP contribution in [0.25, 0.3) is 10.9 Å². The van der Waals surface area contributed by atoms with Crippen molar-refractivity contribution >= 4 is 33.5 Å². The van der Waals surface area contributed by atoms with Crippen molar-refractivity contribution in [2.75, 3.05) is 0 Å². The summed E-state index contributed by atoms with van der Waals surface area (Å²) in [6.45, 7) is 3.61. The van der Waals surface area contributed by atoms with E-state index in [1.807, 2.05) is 13.8 Å². The number of hydrogen-bond acceptors (Lipinski definition) is 2. The largest absolute Gasteiger partial charge is 0.417 e. The monoisotopic (exact) mass is 382 g/mol. The van der Waals surface area contributed by atoms with Crippen LogP contribution >= 0.6 is 22.6 Å². The van der Waals surface area contributed by atoms with Gasteiger partial charge in [0.15, 0.2) is 0 Å². The molecule has 0 fully saturated rings. The van der Waals surface area contributed by atoms with Gasteiger partial charge in [-0.25, -0.2) is 4.98 Å². The summed E-state index contributed by atoms with van der Waals surface area (Å²) in [7, 11) is 0. The molecule has 0 unspecified atom stereocenters. The van der Waals surface area contributed by atoms with Gasteiger partial charge in [-0.05, 0) is 34.7 Å². The second kappa shape index (κ2) is 4.77. The summed E-state index contributed by atoms with van der Waals surface area (Å²) in [4.78, 5) is 18.5. The third-order valence-corrected chi connectivity index (χ3v) is 3.56. The fraction of sp³-hybridized carbons (Fsp3) is 0.333. The molecule has 0 aliphatic carbocycles. The van der Waals surface area contributed by atoms with Gasteiger partial charge in [0.2, 0.25) is 0 Å². The summed E-state index contributed by atoms with van der Waals surface area (Å²) in [6.07, 6.45) is -4.45. The Kier molecular flexibility index (Phi) is 3.59. The van der Waals surface area contributed by atoms with Gasteiger partial charge in [0.05, 0.1) is 16.5 Å². The second-order valence-corrected chi connectivity index (χ2v) is 5.62. The topological polar surface area (TPSA) is 45.8 Å². The Hall–Kier alpha value is -1.12. The van der Waals surface area contributed by atoms with Crippen LogP contribution in [0.4, 0.5) is 13.2 Å². The number of benzene rings is 1. The van der Waals surface area contributed by atoms with Crippen molar-refractivity contribution in [2.45, 2.75) is 25.9 Å². The van der Waals surface area contributed by atoms with Crippen LogP contribution in [-0.2, 0) is 6.18 Å². The van der Waals surface area contributed by atoms with E-state index in [1.165, 1.54) is 6.07 Å². The van der Waals surface area contributed by atoms with Crippen LogP contribution < -0.4 is 5.56 Å². The zero-order valence-electron chi connectivity index (χ0n) is 10.1. The molecule has 2 aromatic rings. The van der Waals surface area contributed by atoms with Crippen LogP contribution in [0.1, 0.15) is 31.2 Å². The number of nitrogens with one attached hydrogen (secondary N) is 1. The maximum absolute atomic E-state index is 12.8. The number of H-pyrrole nitrogens is 1. The van der Waals surface area contributed by atoms with E-state index in [9.17, 15) is 18.0 Å². The fourth-order valence-electron chi connectivity index (χ4n) is 1.67. The molecule has 19 heavy (non-hydrogen) atoms. The first-order valence-corrected chi connectivity index (χ1v) is 6.58. The lowest BCUT2D eigenvalue weighted by Gasteiger charge is -2.11. The number of nitrogens with zero attached hydrogens (tertiary/aromatic N) is 1. The summed E-state index contributed by atoms with van der Waals surface area (Å²) in [6, 6.07) is 2.15. The molecule has 1 N–H and O–H groups in total. The first-order chi connectivity index (χ1) is 8.70. The number of halogens is 4. The average molecular weight is 382 g/mol. The number of aromatic amines is 1. The Morgan fingerprint density at radius 3 is 2.47 bits per heavy atom. The number of rotatable bonds is 1. The maximum atomic E-state index is 12.8. The number of fused-ring (bicyclic) bond motifs is 1. The molecule has 0 amide bonds. The zero-order chi connectivity index (χ0) is 14.4. The molecule has 7 heteroatoms. The first kappa shape index (κ1) is 14.3. The van der Waals surface area contributed by atoms with Gasteiger partial charge in [-0.2, -0.15) is 13.2 Å². The highest BCUT2D eigenvalue weighted by Crippen LogP contribution is 2.34. The molecular formula is C12H10F3IN2O. The summed E-state index contributed by atoms with van der Waals surface area (Å²) in [5.74, 6) is 0.317. The van der Waals surface area contributed by atoms with Crippen LogP contribution in [0.5, 0.6) is 0 Å². The van der Waals surface area contributed by atoms with Crippen LogP contribution in [0.15, 0.2) is 16.9 Å². The number of hydrogen-bond donors (Lipinski definition) is 1. The average Bonchev–Trinajstić information content (AvgIpc) is 2.27. The molecule has 0 aliphatic rings. The normalized spacial score (nSPS) is 12.4. The standard InChI is InChI=1S/C12H10F3IN2O/c1-5(2)10-17-9-4-7(12(13,14)15)8(16)3-6(9)11(19)18-10/h3-5H,1-2H3,(H,17,18,19). The molecule has 0 saturated carbocycles. The van der Waals surface area contributed by atoms with Gasteiger partial charge in [0.1, 0.15) is 5.82 Å². The van der Waals surface area contributed by atoms with Crippen molar-refractivity contribution < 1.29 is 13.2 Å². The number of aromatic nitrogens is 2. The highest BCUT2D eigenvalue weighted by Gasteiger charge is 2.33. The predicted molar refractivity (Wildman–Crippen MR) is 74.2 cm³/mol. The predicted octanol–water partition coefficient (Wildman–Crippen LogP) is 3.67. The van der Waals surface area contributed by atoms with E-state index in [2.05, 4.69) is 9.97 Å². The van der Waals surface area contributed by atoms with E-state index in [-0.39, 0.29) is 20.4 Å². The molecule has 1 heterocycles. The van der Waals surface area contributed by atoms with Crippen LogP contribution in [0, 0.1) is 3.57 Å². The van der Waals surface area contributed by atoms with Gasteiger partial charge in [0, 0.05) is 9.49 Å². The third-order valence-electron chi connectivity index (χ3n) is 2.66. The maximum Gasteiger partial charge on any atom is 0.417 e. The van der Waals surface area contributed by atoms with Crippen molar-refractivity contribution in [1.82, 2.24) is 9.97 Å². The minimum atomic E-state index is -4.45. The van der Waals surface area contributed by atoms with E-state index >= 15 is 0 Å². The molecule has 3 nitrogen and oxygen atoms in total. The van der Waals surface area contributed by atoms with Crippen molar-refractivity contribution in [3.05, 3.63) is 37.4 Å². The van der Waals surface area contributed by atoms with E-state index in [0.29, 0.717) is 5.82 Å². The number of alkyl halides is 3. The Balaban J connectivity index is 2.80. The van der Waals surface area contributed by atoms with Gasteiger partial charge in [-0.1, -0.05) is 13.8 Å². The lowest BCUT2D eigenvalue weighted by molar-refractivity contribution is -0.138. The second-order valence-electron chi connectivity index (χ2n) is 4.45. The smallest absolute Gasteiger partial charge is 0.310 e. The minimum absolute atomic E-state index is 0.0119. The van der Waals surface area contributed by atoms with Gasteiger partial charge in [-0.3, -0.25) is 4.79 Å². The lowest BCUT2D eigenvalue weighted by Crippen LogP contribution is -2.15. The van der Waals surface area contributed by atoms with Crippen molar-refractivity contribution in [3.63, 3.8) is 0 Å². The minimum Gasteiger partial charge on any atom is -0.310 e. The summed E-state index contributed by atoms with van der Waals surface area (Å²) < 4.78 is 38.4. The Morgan fingerprint density at radius 1 is 1.32 bits per heavy atom. The molecule has 0 saturated heterocycles. The highest BCUT2D eigenvalue weighted by atomic mass is 127. The molecule has 0 radical (unpaired) electrons. The van der Waals surface area contributed by atoms with Crippen LogP contribution in [0.2, 0.25) is 0 Å². The van der Waals surface area contributed by atoms with Crippen LogP contribution in [-0.4, -0.2) is 9.97 Å². The molecular weight excluding hydrogens is 372 g/mol. The molecule has 2 rings (SSSR count). The Labute approximate surface area is 120 Å². The SMILES string of the molecule is CC(C)c1nc2cc(C(F)(F)F)c(I)cc2c(=O)[nH]1. The van der Waals surface area contributed by atoms with Gasteiger partial charge in [0.25, 0.3) is 5.56 Å². The first-order valence-electron chi connectivity index (χ1n) is 5.51. The van der Waals surface area contributed by atoms with Crippen molar-refractivity contribution in [3.8, 4) is 0 Å². The molecule has 0 bridgehead atoms. The van der Waals surface area contributed by atoms with Gasteiger partial charge < -0.3 is 4.98 Å². The summed E-state index contributed by atoms with van der Waals surface area (Å²) in [5.41, 5.74) is -1.12. The van der Waals surface area contributed by atoms with E-state index in [4.69, 9.17) is 0 Å². The third kappa shape index (κ3) is 2.75. The fourth-order valence-corrected chi connectivity index (χ4v) is 2.44. The van der Waals surface area contributed by atoms with Gasteiger partial charge >= 0.3 is 6.18 Å². The quantitative estimate of drug-likeness (QED) is 0.766. The molecule has 1 aromatic heterocycles. The summed E-state index contributed by atoms with van der Waals surface area (Å²) in [5, 5.41) is 0.168. The van der Waals surface area contributed by atoms with Crippen molar-refractivity contribution in [1.29, 1.82) is 0 Å². The summed E-state index contributed by atoms with van der Waals surface area (Å²) >= 11 is 1.57. The molecule has 102 valence electrons. The molecule has 1 aromatic carbocycles. The molecule has 0 aliphatic heterocycles. The Bertz CT molecular complexity index is 692. The molecule has 0 atom stereocenters. The Morgan fingerprint density at radius 2 is 1.95 bits per heavy atom. The van der Waals surface area contributed by atoms with E-state index in [0.717, 1.165) is 6.07 Å². The van der Waals surface area contributed by atoms with Crippen molar-refractivity contribution in [2.24, 2.45) is 0 Å². The zero-order valence-corrected chi connectivity index (χ0v) is 12.3. The lowest BCUT2D eigenvalue weighted by atomic mass is 10.1. The van der Waals surface area contributed by atoms with E-state index < -0.39 is 17.3 Å². The van der Waals surface area contributed by atoms with Gasteiger partial charge in [-0.15, -0.1) is 0 Å². The molecule has 0 spiro atoms. The van der Waals surface area contributed by atoms with E-state index in [1.54, 1.807) is 22.6 Å².